The SMILES string of the molecule is CC1(NC(=O)OCc2ccccc2)Cc2cc(-c3ccc(F)cc3)ccc2N(Cc2ccccc2)C1=O. The van der Waals surface area contributed by atoms with Crippen LogP contribution < -0.4 is 10.2 Å². The summed E-state index contributed by atoms with van der Waals surface area (Å²) in [7, 11) is 0. The minimum absolute atomic E-state index is 0.107. The first-order valence-corrected chi connectivity index (χ1v) is 12.1. The van der Waals surface area contributed by atoms with E-state index in [-0.39, 0.29) is 18.3 Å². The van der Waals surface area contributed by atoms with E-state index in [1.807, 2.05) is 78.9 Å². The van der Waals surface area contributed by atoms with Crippen LogP contribution in [0.5, 0.6) is 0 Å². The van der Waals surface area contributed by atoms with Crippen LogP contribution in [-0.4, -0.2) is 17.5 Å². The molecule has 186 valence electrons. The Morgan fingerprint density at radius 3 is 2.19 bits per heavy atom. The number of fused-ring (bicyclic) bond motifs is 1. The first-order valence-electron chi connectivity index (χ1n) is 12.1. The normalized spacial score (nSPS) is 16.7. The zero-order chi connectivity index (χ0) is 25.8. The molecule has 0 fully saturated rings. The van der Waals surface area contributed by atoms with Crippen molar-refractivity contribution in [1.82, 2.24) is 5.32 Å². The third-order valence-electron chi connectivity index (χ3n) is 6.58. The minimum atomic E-state index is -1.21. The van der Waals surface area contributed by atoms with Crippen molar-refractivity contribution < 1.29 is 18.7 Å². The molecule has 4 aromatic rings. The summed E-state index contributed by atoms with van der Waals surface area (Å²) in [6, 6.07) is 31.3. The van der Waals surface area contributed by atoms with Crippen LogP contribution in [-0.2, 0) is 29.1 Å². The van der Waals surface area contributed by atoms with Crippen molar-refractivity contribution in [2.75, 3.05) is 4.90 Å². The molecule has 6 heteroatoms. The van der Waals surface area contributed by atoms with E-state index < -0.39 is 11.6 Å². The predicted octanol–water partition coefficient (Wildman–Crippen LogP) is 6.27. The average molecular weight is 495 g/mol. The number of carbonyl (C=O) groups is 2. The summed E-state index contributed by atoms with van der Waals surface area (Å²) >= 11 is 0. The van der Waals surface area contributed by atoms with Crippen LogP contribution in [0.4, 0.5) is 14.9 Å². The van der Waals surface area contributed by atoms with E-state index in [4.69, 9.17) is 4.74 Å². The van der Waals surface area contributed by atoms with Gasteiger partial charge in [0.15, 0.2) is 0 Å². The quantitative estimate of drug-likeness (QED) is 0.344. The molecule has 37 heavy (non-hydrogen) atoms. The number of ether oxygens (including phenoxy) is 1. The lowest BCUT2D eigenvalue weighted by molar-refractivity contribution is -0.124. The van der Waals surface area contributed by atoms with Gasteiger partial charge in [-0.15, -0.1) is 0 Å². The summed E-state index contributed by atoms with van der Waals surface area (Å²) in [4.78, 5) is 28.3. The lowest BCUT2D eigenvalue weighted by atomic mass is 9.84. The van der Waals surface area contributed by atoms with Crippen molar-refractivity contribution in [3.63, 3.8) is 0 Å². The van der Waals surface area contributed by atoms with Gasteiger partial charge in [0.1, 0.15) is 18.0 Å². The molecule has 5 rings (SSSR count). The summed E-state index contributed by atoms with van der Waals surface area (Å²) in [6.07, 6.45) is -0.362. The Hall–Kier alpha value is -4.45. The molecule has 1 heterocycles. The minimum Gasteiger partial charge on any atom is -0.445 e. The molecule has 0 radical (unpaired) electrons. The van der Waals surface area contributed by atoms with Crippen molar-refractivity contribution in [1.29, 1.82) is 0 Å². The summed E-state index contributed by atoms with van der Waals surface area (Å²) in [6.45, 7) is 2.19. The number of carbonyl (C=O) groups excluding carboxylic acids is 2. The molecule has 0 aliphatic carbocycles. The number of amides is 2. The van der Waals surface area contributed by atoms with Crippen LogP contribution in [0.3, 0.4) is 0 Å². The number of rotatable bonds is 6. The molecule has 0 bridgehead atoms. The number of hydrogen-bond donors (Lipinski definition) is 1. The highest BCUT2D eigenvalue weighted by Gasteiger charge is 2.44. The standard InChI is InChI=1S/C31H27FN2O3/c1-31(33-30(36)37-21-23-10-6-3-7-11-23)19-26-18-25(24-12-15-27(32)16-13-24)14-17-28(26)34(29(31)35)20-22-8-4-2-5-9-22/h2-18H,19-21H2,1H3,(H,33,36). The van der Waals surface area contributed by atoms with Crippen molar-refractivity contribution in [3.05, 3.63) is 126 Å². The number of alkyl carbamates (subject to hydrolysis) is 1. The second kappa shape index (κ2) is 10.3. The van der Waals surface area contributed by atoms with Crippen molar-refractivity contribution in [3.8, 4) is 11.1 Å². The van der Waals surface area contributed by atoms with Gasteiger partial charge in [0.05, 0.1) is 6.54 Å². The molecular weight excluding hydrogens is 467 g/mol. The summed E-state index contributed by atoms with van der Waals surface area (Å²) in [5, 5.41) is 2.84. The fourth-order valence-corrected chi connectivity index (χ4v) is 4.68. The Kier molecular flexibility index (Phi) is 6.73. The molecule has 0 aromatic heterocycles. The Morgan fingerprint density at radius 2 is 1.51 bits per heavy atom. The largest absolute Gasteiger partial charge is 0.445 e. The van der Waals surface area contributed by atoms with E-state index >= 15 is 0 Å². The molecule has 4 aromatic carbocycles. The molecular formula is C31H27FN2O3. The van der Waals surface area contributed by atoms with Crippen LogP contribution in [0.1, 0.15) is 23.6 Å². The van der Waals surface area contributed by atoms with Crippen LogP contribution >= 0.6 is 0 Å². The van der Waals surface area contributed by atoms with Gasteiger partial charge < -0.3 is 15.0 Å². The van der Waals surface area contributed by atoms with E-state index in [1.54, 1.807) is 24.0 Å². The molecule has 5 nitrogen and oxygen atoms in total. The van der Waals surface area contributed by atoms with E-state index in [1.165, 1.54) is 12.1 Å². The zero-order valence-corrected chi connectivity index (χ0v) is 20.5. The summed E-state index contributed by atoms with van der Waals surface area (Å²) < 4.78 is 18.9. The molecule has 1 aliphatic heterocycles. The first kappa shape index (κ1) is 24.3. The van der Waals surface area contributed by atoms with Gasteiger partial charge >= 0.3 is 6.09 Å². The number of nitrogens with one attached hydrogen (secondary N) is 1. The maximum atomic E-state index is 13.8. The van der Waals surface area contributed by atoms with Gasteiger partial charge in [-0.2, -0.15) is 0 Å². The fraction of sp³-hybridized carbons (Fsp3) is 0.161. The van der Waals surface area contributed by atoms with Gasteiger partial charge in [-0.05, 0) is 59.0 Å². The second-order valence-electron chi connectivity index (χ2n) is 9.42. The number of anilines is 1. The van der Waals surface area contributed by atoms with Gasteiger partial charge in [-0.3, -0.25) is 4.79 Å². The molecule has 1 atom stereocenters. The lowest BCUT2D eigenvalue weighted by Gasteiger charge is -2.41. The van der Waals surface area contributed by atoms with E-state index in [9.17, 15) is 14.0 Å². The lowest BCUT2D eigenvalue weighted by Crippen LogP contribution is -2.61. The van der Waals surface area contributed by atoms with E-state index in [0.717, 1.165) is 33.5 Å². The van der Waals surface area contributed by atoms with Gasteiger partial charge in [0.2, 0.25) is 0 Å². The highest BCUT2D eigenvalue weighted by atomic mass is 19.1. The summed E-state index contributed by atoms with van der Waals surface area (Å²) in [5.74, 6) is -0.512. The van der Waals surface area contributed by atoms with Crippen molar-refractivity contribution in [2.24, 2.45) is 0 Å². The number of benzene rings is 4. The molecule has 1 aliphatic rings. The molecule has 2 amide bonds. The van der Waals surface area contributed by atoms with Crippen LogP contribution in [0.2, 0.25) is 0 Å². The van der Waals surface area contributed by atoms with Crippen LogP contribution in [0.25, 0.3) is 11.1 Å². The predicted molar refractivity (Wildman–Crippen MR) is 141 cm³/mol. The number of halogens is 1. The molecule has 0 spiro atoms. The molecule has 0 saturated heterocycles. The monoisotopic (exact) mass is 494 g/mol. The Labute approximate surface area is 215 Å². The van der Waals surface area contributed by atoms with E-state index in [0.29, 0.717) is 13.0 Å². The summed E-state index contributed by atoms with van der Waals surface area (Å²) in [5.41, 5.74) is 4.09. The first-order chi connectivity index (χ1) is 17.9. The maximum Gasteiger partial charge on any atom is 0.408 e. The van der Waals surface area contributed by atoms with Crippen molar-refractivity contribution >= 4 is 17.7 Å². The highest BCUT2D eigenvalue weighted by molar-refractivity contribution is 6.04. The highest BCUT2D eigenvalue weighted by Crippen LogP contribution is 2.37. The smallest absolute Gasteiger partial charge is 0.408 e. The van der Waals surface area contributed by atoms with Gasteiger partial charge in [0, 0.05) is 12.1 Å². The Bertz CT molecular complexity index is 1410. The van der Waals surface area contributed by atoms with Crippen molar-refractivity contribution in [2.45, 2.75) is 32.0 Å². The Morgan fingerprint density at radius 1 is 0.892 bits per heavy atom. The van der Waals surface area contributed by atoms with Crippen LogP contribution in [0.15, 0.2) is 103 Å². The van der Waals surface area contributed by atoms with Gasteiger partial charge in [0.25, 0.3) is 5.91 Å². The molecule has 1 N–H and O–H groups in total. The van der Waals surface area contributed by atoms with Crippen LogP contribution in [0, 0.1) is 5.82 Å². The fourth-order valence-electron chi connectivity index (χ4n) is 4.68. The van der Waals surface area contributed by atoms with Gasteiger partial charge in [-0.1, -0.05) is 78.9 Å². The maximum absolute atomic E-state index is 13.8. The zero-order valence-electron chi connectivity index (χ0n) is 20.5. The third-order valence-corrected chi connectivity index (χ3v) is 6.58. The van der Waals surface area contributed by atoms with E-state index in [2.05, 4.69) is 5.32 Å². The molecule has 0 saturated carbocycles. The number of hydrogen-bond acceptors (Lipinski definition) is 3. The average Bonchev–Trinajstić information content (AvgIpc) is 2.91. The topological polar surface area (TPSA) is 58.6 Å². The second-order valence-corrected chi connectivity index (χ2v) is 9.42. The molecule has 1 unspecified atom stereocenters. The van der Waals surface area contributed by atoms with Gasteiger partial charge in [-0.25, -0.2) is 9.18 Å². The Balaban J connectivity index is 1.45. The number of nitrogens with zero attached hydrogens (tertiary/aromatic N) is 1. The third kappa shape index (κ3) is 5.38.